The number of fused-ring (bicyclic) bond motifs is 3. The summed E-state index contributed by atoms with van der Waals surface area (Å²) < 4.78 is 7.55. The Morgan fingerprint density at radius 1 is 0.897 bits per heavy atom. The number of nitrogens with one attached hydrogen (secondary N) is 2. The number of aromatic nitrogens is 2. The summed E-state index contributed by atoms with van der Waals surface area (Å²) in [6.45, 7) is 11.0. The second kappa shape index (κ2) is 12.7. The van der Waals surface area contributed by atoms with E-state index in [1.165, 1.54) is 33.3 Å². The van der Waals surface area contributed by atoms with Crippen LogP contribution >= 0.6 is 0 Å². The molecule has 0 spiro atoms. The van der Waals surface area contributed by atoms with E-state index in [1.54, 1.807) is 13.2 Å². The number of ether oxygens (including phenoxy) is 1. The molecule has 0 saturated heterocycles. The minimum atomic E-state index is 0. The Balaban J connectivity index is 0.00000353. The molecule has 5 rings (SSSR count). The van der Waals surface area contributed by atoms with Crippen molar-refractivity contribution in [3.63, 3.8) is 0 Å². The molecule has 6 nitrogen and oxygen atoms in total. The molecule has 2 aromatic heterocycles. The molecule has 0 atom stereocenters. The van der Waals surface area contributed by atoms with Crippen LogP contribution in [0.2, 0.25) is 0 Å². The largest absolute Gasteiger partial charge is 0.504 e. The van der Waals surface area contributed by atoms with E-state index < -0.39 is 0 Å². The molecule has 0 fully saturated rings. The number of para-hydroxylation sites is 1. The molecule has 0 aliphatic carbocycles. The van der Waals surface area contributed by atoms with Gasteiger partial charge in [-0.3, -0.25) is 4.57 Å². The normalized spacial score (nSPS) is 11.1. The van der Waals surface area contributed by atoms with Gasteiger partial charge in [0.1, 0.15) is 5.65 Å². The number of phenols is 1. The van der Waals surface area contributed by atoms with Gasteiger partial charge in [0, 0.05) is 71.1 Å². The van der Waals surface area contributed by atoms with Gasteiger partial charge in [0.2, 0.25) is 0 Å². The van der Waals surface area contributed by atoms with Crippen molar-refractivity contribution in [2.75, 3.05) is 32.1 Å². The van der Waals surface area contributed by atoms with E-state index in [0.717, 1.165) is 54.0 Å². The molecule has 0 saturated carbocycles. The third kappa shape index (κ3) is 6.08. The van der Waals surface area contributed by atoms with Crippen molar-refractivity contribution in [2.24, 2.45) is 0 Å². The van der Waals surface area contributed by atoms with Gasteiger partial charge < -0.3 is 20.5 Å². The Labute approximate surface area is 263 Å². The predicted molar refractivity (Wildman–Crippen MR) is 157 cm³/mol. The quantitative estimate of drug-likeness (QED) is 0.162. The predicted octanol–water partition coefficient (Wildman–Crippen LogP) is 6.37. The van der Waals surface area contributed by atoms with Gasteiger partial charge in [0.25, 0.3) is 0 Å². The molecule has 0 amide bonds. The molecule has 2 heterocycles. The van der Waals surface area contributed by atoms with Crippen LogP contribution in [0.4, 0.5) is 5.69 Å². The Morgan fingerprint density at radius 3 is 2.38 bits per heavy atom. The molecular weight excluding hydrogens is 613 g/mol. The van der Waals surface area contributed by atoms with Crippen LogP contribution in [-0.4, -0.2) is 41.4 Å². The molecule has 0 aliphatic heterocycles. The summed E-state index contributed by atoms with van der Waals surface area (Å²) in [6, 6.07) is 20.7. The first-order chi connectivity index (χ1) is 18.4. The average Bonchev–Trinajstić information content (AvgIpc) is 3.20. The van der Waals surface area contributed by atoms with Crippen molar-refractivity contribution in [3.8, 4) is 17.2 Å². The number of hydrogen-bond donors (Lipinski definition) is 3. The molecule has 5 aromatic rings. The van der Waals surface area contributed by atoms with Gasteiger partial charge in [-0.05, 0) is 81.6 Å². The van der Waals surface area contributed by atoms with Gasteiger partial charge in [0.15, 0.2) is 11.5 Å². The zero-order valence-corrected chi connectivity index (χ0v) is 27.1. The van der Waals surface area contributed by atoms with Crippen molar-refractivity contribution in [1.29, 1.82) is 0 Å². The number of rotatable bonds is 9. The van der Waals surface area contributed by atoms with Crippen molar-refractivity contribution in [2.45, 2.75) is 34.1 Å². The van der Waals surface area contributed by atoms with E-state index in [1.807, 2.05) is 12.1 Å². The topological polar surface area (TPSA) is 71.3 Å². The summed E-state index contributed by atoms with van der Waals surface area (Å²) in [5.74, 6) is 0.679. The number of nitrogens with zero attached hydrogens (tertiary/aromatic N) is 2. The third-order valence-electron chi connectivity index (χ3n) is 7.07. The Kier molecular flexibility index (Phi) is 9.53. The van der Waals surface area contributed by atoms with Crippen molar-refractivity contribution in [1.82, 2.24) is 14.9 Å². The molecule has 7 heteroatoms. The van der Waals surface area contributed by atoms with Gasteiger partial charge >= 0.3 is 0 Å². The Hall–Kier alpha value is -2.67. The smallest absolute Gasteiger partial charge is 0.160 e. The number of benzene rings is 3. The molecular formula is C32H36N4O2Pr. The van der Waals surface area contributed by atoms with E-state index in [0.29, 0.717) is 5.75 Å². The van der Waals surface area contributed by atoms with Crippen molar-refractivity contribution < 1.29 is 51.1 Å². The second-order valence-corrected chi connectivity index (χ2v) is 10.0. The maximum atomic E-state index is 9.79. The summed E-state index contributed by atoms with van der Waals surface area (Å²) in [5, 5.41) is 19.3. The standard InChI is InChI=1S/C32H36N4O2.Pr/c1-20-16-21(2)31(22(3)17-20)36-27-9-7-6-8-25(27)30-26(18-23(4)35-32(30)36)34-15-14-33-13-12-24-10-11-28(37)29(19-24)38-5;/h6-11,16-19,33,37H,12-15H2,1-5H3,(H,34,35);. The molecule has 199 valence electrons. The first kappa shape index (κ1) is 29.3. The zero-order valence-electron chi connectivity index (χ0n) is 23.4. The molecule has 0 unspecified atom stereocenters. The number of methoxy groups -OCH3 is 1. The number of aryl methyl sites for hydroxylation is 4. The van der Waals surface area contributed by atoms with Crippen molar-refractivity contribution >= 4 is 27.6 Å². The van der Waals surface area contributed by atoms with Gasteiger partial charge in [-0.25, -0.2) is 4.98 Å². The van der Waals surface area contributed by atoms with Crippen LogP contribution in [0.25, 0.3) is 27.6 Å². The first-order valence-corrected chi connectivity index (χ1v) is 13.2. The molecule has 39 heavy (non-hydrogen) atoms. The summed E-state index contributed by atoms with van der Waals surface area (Å²) in [7, 11) is 1.57. The monoisotopic (exact) mass is 649 g/mol. The van der Waals surface area contributed by atoms with Gasteiger partial charge in [-0.2, -0.15) is 0 Å². The van der Waals surface area contributed by atoms with E-state index in [2.05, 4.69) is 85.4 Å². The second-order valence-electron chi connectivity index (χ2n) is 10.0. The van der Waals surface area contributed by atoms with E-state index in [9.17, 15) is 5.11 Å². The minimum absolute atomic E-state index is 0. The van der Waals surface area contributed by atoms with Crippen LogP contribution in [-0.2, 0) is 6.42 Å². The number of aromatic hydroxyl groups is 1. The molecule has 0 bridgehead atoms. The Morgan fingerprint density at radius 2 is 1.64 bits per heavy atom. The first-order valence-electron chi connectivity index (χ1n) is 13.2. The van der Waals surface area contributed by atoms with Gasteiger partial charge in [0.05, 0.1) is 23.7 Å². The van der Waals surface area contributed by atoms with Crippen LogP contribution in [0.15, 0.2) is 60.7 Å². The van der Waals surface area contributed by atoms with E-state index in [-0.39, 0.29) is 47.0 Å². The SMILES string of the molecule is COc1cc(CCNCCNc2cc(C)nc3c2c2ccccc2n3-c2c(C)cc(C)cc2C)ccc1O.[Pr]. The molecule has 1 radical (unpaired) electrons. The van der Waals surface area contributed by atoms with Crippen LogP contribution in [0.1, 0.15) is 27.9 Å². The summed E-state index contributed by atoms with van der Waals surface area (Å²) in [4.78, 5) is 5.05. The van der Waals surface area contributed by atoms with Crippen LogP contribution in [0.5, 0.6) is 11.5 Å². The minimum Gasteiger partial charge on any atom is -0.504 e. The maximum absolute atomic E-state index is 9.79. The number of hydrogen-bond acceptors (Lipinski definition) is 5. The maximum Gasteiger partial charge on any atom is 0.160 e. The fourth-order valence-corrected chi connectivity index (χ4v) is 5.49. The van der Waals surface area contributed by atoms with Crippen molar-refractivity contribution in [3.05, 3.63) is 88.6 Å². The third-order valence-corrected chi connectivity index (χ3v) is 7.07. The fourth-order valence-electron chi connectivity index (χ4n) is 5.49. The van der Waals surface area contributed by atoms with Gasteiger partial charge in [-0.1, -0.05) is 42.0 Å². The summed E-state index contributed by atoms with van der Waals surface area (Å²) >= 11 is 0. The van der Waals surface area contributed by atoms with Crippen LogP contribution in [0.3, 0.4) is 0 Å². The number of phenolic OH excluding ortho intramolecular Hbond substituents is 1. The number of pyridine rings is 1. The zero-order chi connectivity index (χ0) is 26.8. The van der Waals surface area contributed by atoms with Crippen LogP contribution in [0, 0.1) is 69.0 Å². The summed E-state index contributed by atoms with van der Waals surface area (Å²) in [6.07, 6.45) is 0.859. The fraction of sp³-hybridized carbons (Fsp3) is 0.281. The molecule has 3 aromatic carbocycles. The summed E-state index contributed by atoms with van der Waals surface area (Å²) in [5.41, 5.74) is 10.3. The van der Waals surface area contributed by atoms with E-state index in [4.69, 9.17) is 9.72 Å². The molecule has 3 N–H and O–H groups in total. The van der Waals surface area contributed by atoms with Crippen LogP contribution < -0.4 is 15.4 Å². The number of anilines is 1. The average molecular weight is 650 g/mol. The van der Waals surface area contributed by atoms with E-state index >= 15 is 0 Å². The van der Waals surface area contributed by atoms with Gasteiger partial charge in [-0.15, -0.1) is 0 Å². The molecule has 0 aliphatic rings. The Bertz CT molecular complexity index is 1600.